The van der Waals surface area contributed by atoms with Crippen molar-refractivity contribution in [2.24, 2.45) is 5.73 Å². The number of piperidine rings is 1. The first-order chi connectivity index (χ1) is 5.54. The number of carbonyl (C=O) groups is 2. The van der Waals surface area contributed by atoms with Gasteiger partial charge in [-0.3, -0.25) is 4.79 Å². The predicted molar refractivity (Wildman–Crippen MR) is 43.4 cm³/mol. The molecular formula is C7H13N3O2. The van der Waals surface area contributed by atoms with Gasteiger partial charge < -0.3 is 16.4 Å². The van der Waals surface area contributed by atoms with E-state index in [1.54, 1.807) is 6.92 Å². The van der Waals surface area contributed by atoms with Crippen LogP contribution in [0.4, 0.5) is 4.79 Å². The summed E-state index contributed by atoms with van der Waals surface area (Å²) in [6.07, 6.45) is 1.50. The number of nitrogens with two attached hydrogens (primary N) is 1. The molecular weight excluding hydrogens is 158 g/mol. The molecule has 1 aliphatic rings. The van der Waals surface area contributed by atoms with E-state index in [4.69, 9.17) is 5.73 Å². The summed E-state index contributed by atoms with van der Waals surface area (Å²) in [5.74, 6) is -0.160. The molecule has 0 aromatic carbocycles. The Morgan fingerprint density at radius 1 is 1.75 bits per heavy atom. The van der Waals surface area contributed by atoms with Crippen LogP contribution in [-0.4, -0.2) is 24.0 Å². The maximum atomic E-state index is 11.3. The second kappa shape index (κ2) is 3.00. The molecule has 68 valence electrons. The van der Waals surface area contributed by atoms with Crippen molar-refractivity contribution < 1.29 is 9.59 Å². The van der Waals surface area contributed by atoms with E-state index in [2.05, 4.69) is 10.6 Å². The maximum absolute atomic E-state index is 11.3. The van der Waals surface area contributed by atoms with Crippen molar-refractivity contribution >= 4 is 11.9 Å². The summed E-state index contributed by atoms with van der Waals surface area (Å²) in [6.45, 7) is 2.35. The number of hydrogen-bond donors (Lipinski definition) is 3. The van der Waals surface area contributed by atoms with Gasteiger partial charge in [-0.25, -0.2) is 4.79 Å². The highest BCUT2D eigenvalue weighted by Crippen LogP contribution is 2.15. The van der Waals surface area contributed by atoms with Gasteiger partial charge in [0.25, 0.3) is 0 Å². The van der Waals surface area contributed by atoms with Crippen LogP contribution in [0.25, 0.3) is 0 Å². The minimum Gasteiger partial charge on any atom is -0.354 e. The Morgan fingerprint density at radius 3 is 2.92 bits per heavy atom. The van der Waals surface area contributed by atoms with E-state index in [1.165, 1.54) is 0 Å². The fourth-order valence-corrected chi connectivity index (χ4v) is 1.34. The molecule has 1 fully saturated rings. The Morgan fingerprint density at radius 2 is 2.42 bits per heavy atom. The molecule has 1 saturated heterocycles. The molecule has 0 bridgehead atoms. The Labute approximate surface area is 70.7 Å². The third-order valence-electron chi connectivity index (χ3n) is 2.04. The molecule has 4 N–H and O–H groups in total. The van der Waals surface area contributed by atoms with Crippen molar-refractivity contribution in [1.82, 2.24) is 10.6 Å². The van der Waals surface area contributed by atoms with Gasteiger partial charge in [0.1, 0.15) is 5.54 Å². The van der Waals surface area contributed by atoms with Crippen molar-refractivity contribution in [2.45, 2.75) is 25.3 Å². The smallest absolute Gasteiger partial charge is 0.313 e. The summed E-state index contributed by atoms with van der Waals surface area (Å²) < 4.78 is 0. The largest absolute Gasteiger partial charge is 0.354 e. The minimum atomic E-state index is -0.815. The van der Waals surface area contributed by atoms with Gasteiger partial charge in [-0.2, -0.15) is 0 Å². The molecule has 0 radical (unpaired) electrons. The zero-order valence-corrected chi connectivity index (χ0v) is 7.02. The number of carbonyl (C=O) groups excluding carboxylic acids is 2. The molecule has 1 unspecified atom stereocenters. The van der Waals surface area contributed by atoms with Crippen LogP contribution in [-0.2, 0) is 4.79 Å². The molecule has 5 nitrogen and oxygen atoms in total. The standard InChI is InChI=1S/C7H13N3O2/c1-7(10-6(8)12)3-2-4-9-5(7)11/h2-4H2,1H3,(H,9,11)(H3,8,10,12). The average molecular weight is 171 g/mol. The van der Waals surface area contributed by atoms with Crippen LogP contribution in [0, 0.1) is 0 Å². The van der Waals surface area contributed by atoms with Gasteiger partial charge in [-0.1, -0.05) is 0 Å². The van der Waals surface area contributed by atoms with Crippen molar-refractivity contribution in [2.75, 3.05) is 6.54 Å². The molecule has 3 amide bonds. The van der Waals surface area contributed by atoms with Gasteiger partial charge in [0, 0.05) is 6.54 Å². The Hall–Kier alpha value is -1.26. The number of amides is 3. The summed E-state index contributed by atoms with van der Waals surface area (Å²) in [4.78, 5) is 21.8. The number of rotatable bonds is 1. The lowest BCUT2D eigenvalue weighted by Gasteiger charge is -2.32. The van der Waals surface area contributed by atoms with E-state index in [1.807, 2.05) is 0 Å². The summed E-state index contributed by atoms with van der Waals surface area (Å²) in [5.41, 5.74) is 4.13. The summed E-state index contributed by atoms with van der Waals surface area (Å²) in [7, 11) is 0. The Kier molecular flexibility index (Phi) is 2.21. The van der Waals surface area contributed by atoms with Gasteiger partial charge >= 0.3 is 6.03 Å². The van der Waals surface area contributed by atoms with E-state index >= 15 is 0 Å². The molecule has 0 aromatic heterocycles. The van der Waals surface area contributed by atoms with Gasteiger partial charge in [0.15, 0.2) is 0 Å². The Balaban J connectivity index is 2.66. The highest BCUT2D eigenvalue weighted by molar-refractivity contribution is 5.90. The van der Waals surface area contributed by atoms with Crippen LogP contribution in [0.5, 0.6) is 0 Å². The SMILES string of the molecule is CC1(NC(N)=O)CCCNC1=O. The van der Waals surface area contributed by atoms with E-state index in [-0.39, 0.29) is 5.91 Å². The lowest BCUT2D eigenvalue weighted by Crippen LogP contribution is -2.60. The zero-order chi connectivity index (χ0) is 9.19. The summed E-state index contributed by atoms with van der Waals surface area (Å²) in [6, 6.07) is -0.658. The topological polar surface area (TPSA) is 84.2 Å². The maximum Gasteiger partial charge on any atom is 0.313 e. The molecule has 1 heterocycles. The quantitative estimate of drug-likeness (QED) is 0.488. The lowest BCUT2D eigenvalue weighted by molar-refractivity contribution is -0.128. The average Bonchev–Trinajstić information content (AvgIpc) is 1.94. The highest BCUT2D eigenvalue weighted by Gasteiger charge is 2.36. The number of primary amides is 1. The lowest BCUT2D eigenvalue weighted by atomic mass is 9.91. The first-order valence-corrected chi connectivity index (χ1v) is 3.90. The van der Waals surface area contributed by atoms with E-state index < -0.39 is 11.6 Å². The molecule has 1 rings (SSSR count). The number of hydrogen-bond acceptors (Lipinski definition) is 2. The summed E-state index contributed by atoms with van der Waals surface area (Å²) >= 11 is 0. The number of urea groups is 1. The third kappa shape index (κ3) is 1.66. The van der Waals surface area contributed by atoms with E-state index in [0.29, 0.717) is 13.0 Å². The molecule has 1 atom stereocenters. The summed E-state index contributed by atoms with van der Waals surface area (Å²) in [5, 5.41) is 5.10. The van der Waals surface area contributed by atoms with Gasteiger partial charge in [-0.15, -0.1) is 0 Å². The monoisotopic (exact) mass is 171 g/mol. The molecule has 0 saturated carbocycles. The van der Waals surface area contributed by atoms with Crippen LogP contribution >= 0.6 is 0 Å². The molecule has 0 spiro atoms. The minimum absolute atomic E-state index is 0.160. The zero-order valence-electron chi connectivity index (χ0n) is 7.02. The first kappa shape index (κ1) is 8.83. The van der Waals surface area contributed by atoms with Crippen LogP contribution < -0.4 is 16.4 Å². The van der Waals surface area contributed by atoms with Crippen LogP contribution in [0.1, 0.15) is 19.8 Å². The van der Waals surface area contributed by atoms with Crippen LogP contribution in [0.2, 0.25) is 0 Å². The normalized spacial score (nSPS) is 29.2. The fourth-order valence-electron chi connectivity index (χ4n) is 1.34. The van der Waals surface area contributed by atoms with Crippen LogP contribution in [0.15, 0.2) is 0 Å². The molecule has 1 aliphatic heterocycles. The van der Waals surface area contributed by atoms with Gasteiger partial charge in [-0.05, 0) is 19.8 Å². The van der Waals surface area contributed by atoms with Crippen molar-refractivity contribution in [1.29, 1.82) is 0 Å². The van der Waals surface area contributed by atoms with Crippen molar-refractivity contribution in [3.63, 3.8) is 0 Å². The van der Waals surface area contributed by atoms with E-state index in [0.717, 1.165) is 6.42 Å². The molecule has 0 aromatic rings. The van der Waals surface area contributed by atoms with Crippen LogP contribution in [0.3, 0.4) is 0 Å². The van der Waals surface area contributed by atoms with E-state index in [9.17, 15) is 9.59 Å². The fraction of sp³-hybridized carbons (Fsp3) is 0.714. The first-order valence-electron chi connectivity index (χ1n) is 3.90. The molecule has 5 heteroatoms. The highest BCUT2D eigenvalue weighted by atomic mass is 16.2. The van der Waals surface area contributed by atoms with Crippen molar-refractivity contribution in [3.8, 4) is 0 Å². The molecule has 0 aliphatic carbocycles. The molecule has 12 heavy (non-hydrogen) atoms. The van der Waals surface area contributed by atoms with Gasteiger partial charge in [0.05, 0.1) is 0 Å². The van der Waals surface area contributed by atoms with Gasteiger partial charge in [0.2, 0.25) is 5.91 Å². The third-order valence-corrected chi connectivity index (χ3v) is 2.04. The Bertz CT molecular complexity index is 217. The number of nitrogens with one attached hydrogen (secondary N) is 2. The second-order valence-electron chi connectivity index (χ2n) is 3.18. The predicted octanol–water partition coefficient (Wildman–Crippen LogP) is -0.677. The van der Waals surface area contributed by atoms with Crippen molar-refractivity contribution in [3.05, 3.63) is 0 Å². The second-order valence-corrected chi connectivity index (χ2v) is 3.18.